The first-order chi connectivity index (χ1) is 9.13. The van der Waals surface area contributed by atoms with Crippen molar-refractivity contribution in [3.8, 4) is 0 Å². The molecular weight excluding hydrogens is 245 g/mol. The molecule has 1 aromatic carbocycles. The number of hydrogen-bond acceptors (Lipinski definition) is 3. The highest BCUT2D eigenvalue weighted by atomic mass is 19.1. The minimum atomic E-state index is -0.495. The molecule has 0 spiro atoms. The fourth-order valence-electron chi connectivity index (χ4n) is 1.59. The van der Waals surface area contributed by atoms with E-state index in [2.05, 4.69) is 15.6 Å². The van der Waals surface area contributed by atoms with Crippen LogP contribution in [0.3, 0.4) is 0 Å². The van der Waals surface area contributed by atoms with Gasteiger partial charge in [-0.15, -0.1) is 0 Å². The van der Waals surface area contributed by atoms with Crippen LogP contribution in [0, 0.1) is 5.95 Å². The van der Waals surface area contributed by atoms with Gasteiger partial charge >= 0.3 is 0 Å². The van der Waals surface area contributed by atoms with Gasteiger partial charge in [-0.05, 0) is 29.8 Å². The molecule has 2 N–H and O–H groups in total. The van der Waals surface area contributed by atoms with Crippen LogP contribution in [0.25, 0.3) is 0 Å². The molecule has 98 valence electrons. The van der Waals surface area contributed by atoms with Crippen LogP contribution in [-0.4, -0.2) is 10.9 Å². The smallest absolute Gasteiger partial charge is 0.221 e. The van der Waals surface area contributed by atoms with Crippen molar-refractivity contribution in [3.05, 3.63) is 54.1 Å². The molecular formula is C14H14FN3O. The van der Waals surface area contributed by atoms with E-state index in [1.165, 1.54) is 19.2 Å². The molecule has 5 heteroatoms. The maximum atomic E-state index is 12.6. The standard InChI is InChI=1S/C14H14FN3O/c1-10(19)18-12-4-2-11(3-5-12)8-16-13-6-7-14(15)17-9-13/h2-7,9,16H,8H2,1H3,(H,18,19). The third-order valence-electron chi connectivity index (χ3n) is 2.50. The second-order valence-corrected chi connectivity index (χ2v) is 4.10. The van der Waals surface area contributed by atoms with Crippen LogP contribution in [-0.2, 0) is 11.3 Å². The molecule has 0 aliphatic rings. The van der Waals surface area contributed by atoms with E-state index in [1.54, 1.807) is 6.07 Å². The Morgan fingerprint density at radius 3 is 2.42 bits per heavy atom. The highest BCUT2D eigenvalue weighted by Gasteiger charge is 1.98. The van der Waals surface area contributed by atoms with Crippen LogP contribution in [0.15, 0.2) is 42.6 Å². The zero-order valence-electron chi connectivity index (χ0n) is 10.5. The van der Waals surface area contributed by atoms with Crippen molar-refractivity contribution in [3.63, 3.8) is 0 Å². The minimum absolute atomic E-state index is 0.0942. The molecule has 2 aromatic rings. The average Bonchev–Trinajstić information content (AvgIpc) is 2.39. The number of hydrogen-bond donors (Lipinski definition) is 2. The lowest BCUT2D eigenvalue weighted by Crippen LogP contribution is -2.06. The van der Waals surface area contributed by atoms with E-state index in [1.807, 2.05) is 24.3 Å². The monoisotopic (exact) mass is 259 g/mol. The number of pyridine rings is 1. The van der Waals surface area contributed by atoms with Gasteiger partial charge < -0.3 is 10.6 Å². The van der Waals surface area contributed by atoms with Crippen molar-refractivity contribution in [1.82, 2.24) is 4.98 Å². The number of nitrogens with one attached hydrogen (secondary N) is 2. The third kappa shape index (κ3) is 4.06. The van der Waals surface area contributed by atoms with Crippen LogP contribution in [0.5, 0.6) is 0 Å². The highest BCUT2D eigenvalue weighted by molar-refractivity contribution is 5.88. The maximum absolute atomic E-state index is 12.6. The van der Waals surface area contributed by atoms with Gasteiger partial charge in [-0.1, -0.05) is 12.1 Å². The molecule has 0 saturated heterocycles. The topological polar surface area (TPSA) is 54.0 Å². The van der Waals surface area contributed by atoms with Crippen LogP contribution < -0.4 is 10.6 Å². The molecule has 2 rings (SSSR count). The SMILES string of the molecule is CC(=O)Nc1ccc(CNc2ccc(F)nc2)cc1. The number of amides is 1. The molecule has 4 nitrogen and oxygen atoms in total. The van der Waals surface area contributed by atoms with Gasteiger partial charge in [0.1, 0.15) is 0 Å². The van der Waals surface area contributed by atoms with E-state index in [0.29, 0.717) is 6.54 Å². The van der Waals surface area contributed by atoms with Gasteiger partial charge in [0.2, 0.25) is 11.9 Å². The van der Waals surface area contributed by atoms with E-state index in [0.717, 1.165) is 16.9 Å². The lowest BCUT2D eigenvalue weighted by Gasteiger charge is -2.07. The van der Waals surface area contributed by atoms with Crippen molar-refractivity contribution < 1.29 is 9.18 Å². The second-order valence-electron chi connectivity index (χ2n) is 4.10. The molecule has 1 amide bonds. The number of carbonyl (C=O) groups is 1. The molecule has 19 heavy (non-hydrogen) atoms. The van der Waals surface area contributed by atoms with Gasteiger partial charge in [-0.2, -0.15) is 4.39 Å². The summed E-state index contributed by atoms with van der Waals surface area (Å²) in [5.74, 6) is -0.589. The Morgan fingerprint density at radius 1 is 1.16 bits per heavy atom. The quantitative estimate of drug-likeness (QED) is 0.830. The van der Waals surface area contributed by atoms with Crippen LogP contribution in [0.4, 0.5) is 15.8 Å². The Bertz CT molecular complexity index is 552. The van der Waals surface area contributed by atoms with E-state index < -0.39 is 5.95 Å². The number of carbonyl (C=O) groups excluding carboxylic acids is 1. The van der Waals surface area contributed by atoms with E-state index in [9.17, 15) is 9.18 Å². The summed E-state index contributed by atoms with van der Waals surface area (Å²) in [7, 11) is 0. The normalized spacial score (nSPS) is 10.0. The molecule has 1 aromatic heterocycles. The molecule has 0 aliphatic heterocycles. The third-order valence-corrected chi connectivity index (χ3v) is 2.50. The van der Waals surface area contributed by atoms with Crippen molar-refractivity contribution in [2.45, 2.75) is 13.5 Å². The lowest BCUT2D eigenvalue weighted by molar-refractivity contribution is -0.114. The largest absolute Gasteiger partial charge is 0.380 e. The van der Waals surface area contributed by atoms with Gasteiger partial charge in [0.05, 0.1) is 11.9 Å². The molecule has 0 fully saturated rings. The first kappa shape index (κ1) is 13.0. The van der Waals surface area contributed by atoms with Crippen LogP contribution in [0.1, 0.15) is 12.5 Å². The number of rotatable bonds is 4. The predicted molar refractivity (Wildman–Crippen MR) is 72.3 cm³/mol. The van der Waals surface area contributed by atoms with Gasteiger partial charge in [0, 0.05) is 19.2 Å². The van der Waals surface area contributed by atoms with Crippen molar-refractivity contribution in [2.24, 2.45) is 0 Å². The van der Waals surface area contributed by atoms with Crippen molar-refractivity contribution in [2.75, 3.05) is 10.6 Å². The summed E-state index contributed by atoms with van der Waals surface area (Å²) in [6.07, 6.45) is 1.45. The first-order valence-electron chi connectivity index (χ1n) is 5.85. The fourth-order valence-corrected chi connectivity index (χ4v) is 1.59. The number of benzene rings is 1. The molecule has 0 atom stereocenters. The number of halogens is 1. The summed E-state index contributed by atoms with van der Waals surface area (Å²) in [4.78, 5) is 14.4. The Balaban J connectivity index is 1.92. The number of nitrogens with zero attached hydrogens (tertiary/aromatic N) is 1. The minimum Gasteiger partial charge on any atom is -0.380 e. The Hall–Kier alpha value is -2.43. The first-order valence-corrected chi connectivity index (χ1v) is 5.85. The molecule has 0 radical (unpaired) electrons. The molecule has 1 heterocycles. The molecule has 0 bridgehead atoms. The summed E-state index contributed by atoms with van der Waals surface area (Å²) >= 11 is 0. The van der Waals surface area contributed by atoms with Gasteiger partial charge in [0.25, 0.3) is 0 Å². The molecule has 0 aliphatic carbocycles. The number of aromatic nitrogens is 1. The fraction of sp³-hybridized carbons (Fsp3) is 0.143. The summed E-state index contributed by atoms with van der Waals surface area (Å²) < 4.78 is 12.6. The Morgan fingerprint density at radius 2 is 1.84 bits per heavy atom. The molecule has 0 saturated carbocycles. The van der Waals surface area contributed by atoms with Crippen molar-refractivity contribution >= 4 is 17.3 Å². The zero-order chi connectivity index (χ0) is 13.7. The Labute approximate surface area is 110 Å². The van der Waals surface area contributed by atoms with Gasteiger partial charge in [-0.3, -0.25) is 4.79 Å². The summed E-state index contributed by atoms with van der Waals surface area (Å²) in [5.41, 5.74) is 2.57. The summed E-state index contributed by atoms with van der Waals surface area (Å²) in [6, 6.07) is 10.4. The van der Waals surface area contributed by atoms with Crippen LogP contribution in [0.2, 0.25) is 0 Å². The van der Waals surface area contributed by atoms with E-state index >= 15 is 0 Å². The number of anilines is 2. The zero-order valence-corrected chi connectivity index (χ0v) is 10.5. The highest BCUT2D eigenvalue weighted by Crippen LogP contribution is 2.12. The summed E-state index contributed by atoms with van der Waals surface area (Å²) in [6.45, 7) is 2.07. The Kier molecular flexibility index (Phi) is 4.07. The van der Waals surface area contributed by atoms with Crippen LogP contribution >= 0.6 is 0 Å². The van der Waals surface area contributed by atoms with Gasteiger partial charge in [-0.25, -0.2) is 4.98 Å². The maximum Gasteiger partial charge on any atom is 0.221 e. The van der Waals surface area contributed by atoms with E-state index in [-0.39, 0.29) is 5.91 Å². The van der Waals surface area contributed by atoms with Gasteiger partial charge in [0.15, 0.2) is 0 Å². The summed E-state index contributed by atoms with van der Waals surface area (Å²) in [5, 5.41) is 5.83. The predicted octanol–water partition coefficient (Wildman–Crippen LogP) is 2.79. The average molecular weight is 259 g/mol. The molecule has 0 unspecified atom stereocenters. The lowest BCUT2D eigenvalue weighted by atomic mass is 10.2. The second kappa shape index (κ2) is 5.95. The van der Waals surface area contributed by atoms with Crippen molar-refractivity contribution in [1.29, 1.82) is 0 Å². The van der Waals surface area contributed by atoms with E-state index in [4.69, 9.17) is 0 Å².